The highest BCUT2D eigenvalue weighted by Crippen LogP contribution is 2.21. The van der Waals surface area contributed by atoms with Crippen LogP contribution in [0.4, 0.5) is 0 Å². The van der Waals surface area contributed by atoms with Gasteiger partial charge in [-0.2, -0.15) is 0 Å². The Morgan fingerprint density at radius 1 is 1.29 bits per heavy atom. The van der Waals surface area contributed by atoms with Crippen molar-refractivity contribution in [2.24, 2.45) is 5.92 Å². The summed E-state index contributed by atoms with van der Waals surface area (Å²) in [6, 6.07) is 7.20. The maximum absolute atomic E-state index is 12.4. The first-order valence-electron chi connectivity index (χ1n) is 7.72. The highest BCUT2D eigenvalue weighted by molar-refractivity contribution is 7.89. The Labute approximate surface area is 142 Å². The van der Waals surface area contributed by atoms with Crippen LogP contribution in [0.5, 0.6) is 5.75 Å². The zero-order valence-corrected chi connectivity index (χ0v) is 15.0. The number of hydrogen-bond acceptors (Lipinski definition) is 5. The van der Waals surface area contributed by atoms with Crippen molar-refractivity contribution in [1.82, 2.24) is 9.21 Å². The Morgan fingerprint density at radius 3 is 2.46 bits per heavy atom. The molecule has 1 aliphatic heterocycles. The number of aliphatic hydroxyl groups excluding tert-OH is 1. The molecule has 8 heteroatoms. The van der Waals surface area contributed by atoms with Gasteiger partial charge < -0.3 is 14.7 Å². The van der Waals surface area contributed by atoms with E-state index < -0.39 is 22.0 Å². The molecular weight excluding hydrogens is 332 g/mol. The predicted molar refractivity (Wildman–Crippen MR) is 90.2 cm³/mol. The number of hydrogen-bond donors (Lipinski definition) is 1. The van der Waals surface area contributed by atoms with E-state index >= 15 is 0 Å². The van der Waals surface area contributed by atoms with Gasteiger partial charge in [0.15, 0.2) is 0 Å². The van der Waals surface area contributed by atoms with Crippen molar-refractivity contribution in [3.05, 3.63) is 29.8 Å². The van der Waals surface area contributed by atoms with Crippen molar-refractivity contribution in [2.75, 3.05) is 40.0 Å². The van der Waals surface area contributed by atoms with E-state index in [0.29, 0.717) is 0 Å². The molecule has 1 amide bonds. The smallest absolute Gasteiger partial charge is 0.227 e. The Hall–Kier alpha value is -1.64. The first kappa shape index (κ1) is 18.7. The summed E-state index contributed by atoms with van der Waals surface area (Å²) in [5.74, 6) is -0.0223. The van der Waals surface area contributed by atoms with Crippen LogP contribution in [0.3, 0.4) is 0 Å². The average Bonchev–Trinajstić information content (AvgIpc) is 2.88. The zero-order chi connectivity index (χ0) is 17.9. The number of ether oxygens (including phenoxy) is 1. The minimum atomic E-state index is -3.41. The molecule has 134 valence electrons. The van der Waals surface area contributed by atoms with Crippen LogP contribution in [0.1, 0.15) is 5.56 Å². The summed E-state index contributed by atoms with van der Waals surface area (Å²) in [4.78, 5) is 13.9. The van der Waals surface area contributed by atoms with Crippen LogP contribution in [-0.4, -0.2) is 74.8 Å². The number of β-amino-alcohol motifs (C(OH)–C–C–N with tert-alkyl or cyclic N) is 1. The molecule has 0 unspecified atom stereocenters. The fourth-order valence-corrected chi connectivity index (χ4v) is 3.84. The Bertz CT molecular complexity index is 672. The lowest BCUT2D eigenvalue weighted by Gasteiger charge is -2.18. The van der Waals surface area contributed by atoms with Crippen LogP contribution in [0.2, 0.25) is 0 Å². The van der Waals surface area contributed by atoms with Crippen LogP contribution in [0.15, 0.2) is 24.3 Å². The van der Waals surface area contributed by atoms with Gasteiger partial charge in [0.25, 0.3) is 0 Å². The van der Waals surface area contributed by atoms with Crippen LogP contribution >= 0.6 is 0 Å². The van der Waals surface area contributed by atoms with E-state index in [1.807, 2.05) is 12.1 Å². The van der Waals surface area contributed by atoms with E-state index in [-0.39, 0.29) is 31.2 Å². The number of sulfonamides is 1. The molecule has 0 saturated carbocycles. The third-order valence-corrected chi connectivity index (χ3v) is 6.22. The molecule has 7 nitrogen and oxygen atoms in total. The van der Waals surface area contributed by atoms with E-state index in [1.54, 1.807) is 19.2 Å². The largest absolute Gasteiger partial charge is 0.497 e. The van der Waals surface area contributed by atoms with Crippen molar-refractivity contribution < 1.29 is 23.1 Å². The summed E-state index contributed by atoms with van der Waals surface area (Å²) in [5.41, 5.74) is 0.847. The van der Waals surface area contributed by atoms with Crippen LogP contribution < -0.4 is 4.74 Å². The molecule has 0 aromatic heterocycles. The minimum absolute atomic E-state index is 0.121. The minimum Gasteiger partial charge on any atom is -0.497 e. The fourth-order valence-electron chi connectivity index (χ4n) is 2.67. The van der Waals surface area contributed by atoms with Crippen molar-refractivity contribution >= 4 is 15.9 Å². The first-order chi connectivity index (χ1) is 11.2. The van der Waals surface area contributed by atoms with Gasteiger partial charge in [0.2, 0.25) is 15.9 Å². The molecule has 2 atom stereocenters. The molecule has 0 radical (unpaired) electrons. The molecular formula is C16H24N2O5S. The molecule has 1 fully saturated rings. The topological polar surface area (TPSA) is 87.2 Å². The van der Waals surface area contributed by atoms with E-state index in [2.05, 4.69) is 0 Å². The lowest BCUT2D eigenvalue weighted by Crippen LogP contribution is -2.34. The van der Waals surface area contributed by atoms with Crippen molar-refractivity contribution in [3.63, 3.8) is 0 Å². The second-order valence-corrected chi connectivity index (χ2v) is 8.44. The van der Waals surface area contributed by atoms with Gasteiger partial charge in [-0.15, -0.1) is 0 Å². The molecule has 1 aromatic carbocycles. The summed E-state index contributed by atoms with van der Waals surface area (Å²) in [5, 5.41) is 10.1. The zero-order valence-electron chi connectivity index (χ0n) is 14.2. The third kappa shape index (κ3) is 4.46. The van der Waals surface area contributed by atoms with E-state index in [0.717, 1.165) is 15.6 Å². The number of carbonyl (C=O) groups excluding carboxylic acids is 1. The fraction of sp³-hybridized carbons (Fsp3) is 0.562. The second kappa shape index (κ2) is 7.50. The predicted octanol–water partition coefficient (Wildman–Crippen LogP) is -0.0516. The summed E-state index contributed by atoms with van der Waals surface area (Å²) in [6.07, 6.45) is -0.608. The van der Waals surface area contributed by atoms with E-state index in [9.17, 15) is 18.3 Å². The highest BCUT2D eigenvalue weighted by atomic mass is 32.2. The Morgan fingerprint density at radius 2 is 1.92 bits per heavy atom. The number of aliphatic hydroxyl groups is 1. The number of carbonyl (C=O) groups is 1. The van der Waals surface area contributed by atoms with Crippen LogP contribution in [0, 0.1) is 5.92 Å². The summed E-state index contributed by atoms with van der Waals surface area (Å²) < 4.78 is 30.1. The number of rotatable bonds is 6. The monoisotopic (exact) mass is 356 g/mol. The quantitative estimate of drug-likeness (QED) is 0.772. The van der Waals surface area contributed by atoms with Crippen molar-refractivity contribution in [2.45, 2.75) is 12.5 Å². The number of likely N-dealkylation sites (tertiary alicyclic amines) is 1. The molecule has 1 aromatic rings. The van der Waals surface area contributed by atoms with Gasteiger partial charge >= 0.3 is 0 Å². The molecule has 0 bridgehead atoms. The van der Waals surface area contributed by atoms with Gasteiger partial charge in [-0.05, 0) is 17.7 Å². The molecule has 2 rings (SSSR count). The Balaban J connectivity index is 1.96. The van der Waals surface area contributed by atoms with Crippen molar-refractivity contribution in [1.29, 1.82) is 0 Å². The highest BCUT2D eigenvalue weighted by Gasteiger charge is 2.37. The molecule has 1 aliphatic rings. The standard InChI is InChI=1S/C16H24N2O5S/c1-17(2)24(21,22)11-13-9-18(10-15(13)19)16(20)8-12-4-6-14(23-3)7-5-12/h4-7,13,15,19H,8-11H2,1-3H3/t13-,15+/m0/s1. The molecule has 1 saturated heterocycles. The summed E-state index contributed by atoms with van der Waals surface area (Å²) >= 11 is 0. The molecule has 0 spiro atoms. The van der Waals surface area contributed by atoms with Gasteiger partial charge in [-0.1, -0.05) is 12.1 Å². The van der Waals surface area contributed by atoms with Crippen LogP contribution in [-0.2, 0) is 21.2 Å². The first-order valence-corrected chi connectivity index (χ1v) is 9.33. The van der Waals surface area contributed by atoms with Crippen LogP contribution in [0.25, 0.3) is 0 Å². The summed E-state index contributed by atoms with van der Waals surface area (Å²) in [7, 11) is 1.09. The SMILES string of the molecule is COc1ccc(CC(=O)N2C[C@@H](CS(=O)(=O)N(C)C)[C@H](O)C2)cc1. The van der Waals surface area contributed by atoms with Gasteiger partial charge in [0.1, 0.15) is 5.75 Å². The molecule has 0 aliphatic carbocycles. The Kier molecular flexibility index (Phi) is 5.84. The molecule has 1 N–H and O–H groups in total. The second-order valence-electron chi connectivity index (χ2n) is 6.21. The van der Waals surface area contributed by atoms with Crippen molar-refractivity contribution in [3.8, 4) is 5.75 Å². The van der Waals surface area contributed by atoms with E-state index in [4.69, 9.17) is 4.74 Å². The van der Waals surface area contributed by atoms with Gasteiger partial charge in [-0.3, -0.25) is 4.79 Å². The maximum Gasteiger partial charge on any atom is 0.227 e. The molecule has 24 heavy (non-hydrogen) atoms. The molecule has 1 heterocycles. The lowest BCUT2D eigenvalue weighted by molar-refractivity contribution is -0.129. The average molecular weight is 356 g/mol. The number of amides is 1. The number of benzene rings is 1. The lowest BCUT2D eigenvalue weighted by atomic mass is 10.1. The van der Waals surface area contributed by atoms with E-state index in [1.165, 1.54) is 19.0 Å². The van der Waals surface area contributed by atoms with Gasteiger partial charge in [0, 0.05) is 33.1 Å². The number of methoxy groups -OCH3 is 1. The maximum atomic E-state index is 12.4. The normalized spacial score (nSPS) is 21.3. The van der Waals surface area contributed by atoms with Gasteiger partial charge in [0.05, 0.1) is 25.4 Å². The summed E-state index contributed by atoms with van der Waals surface area (Å²) in [6.45, 7) is 0.422. The number of nitrogens with zero attached hydrogens (tertiary/aromatic N) is 2. The van der Waals surface area contributed by atoms with Gasteiger partial charge in [-0.25, -0.2) is 12.7 Å². The third-order valence-electron chi connectivity index (χ3n) is 4.25.